The van der Waals surface area contributed by atoms with Crippen LogP contribution in [0.1, 0.15) is 17.9 Å². The zero-order valence-electron chi connectivity index (χ0n) is 8.79. The van der Waals surface area contributed by atoms with E-state index in [4.69, 9.17) is 4.74 Å². The lowest BCUT2D eigenvalue weighted by atomic mass is 10.2. The van der Waals surface area contributed by atoms with Crippen LogP contribution in [0.2, 0.25) is 0 Å². The predicted molar refractivity (Wildman–Crippen MR) is 68.5 cm³/mol. The van der Waals surface area contributed by atoms with E-state index in [2.05, 4.69) is 40.3 Å². The van der Waals surface area contributed by atoms with Crippen LogP contribution >= 0.6 is 27.7 Å². The Balaban J connectivity index is 2.19. The molecule has 1 aliphatic heterocycles. The molecule has 0 radical (unpaired) electrons. The van der Waals surface area contributed by atoms with Gasteiger partial charge in [-0.2, -0.15) is 0 Å². The van der Waals surface area contributed by atoms with E-state index >= 15 is 0 Å². The highest BCUT2D eigenvalue weighted by molar-refractivity contribution is 9.10. The largest absolute Gasteiger partial charge is 0.496 e. The highest BCUT2D eigenvalue weighted by atomic mass is 79.9. The summed E-state index contributed by atoms with van der Waals surface area (Å²) in [5.74, 6) is 2.06. The summed E-state index contributed by atoms with van der Waals surface area (Å²) in [6.07, 6.45) is 0. The van der Waals surface area contributed by atoms with E-state index in [0.29, 0.717) is 11.4 Å². The molecule has 1 fully saturated rings. The molecule has 1 aromatic rings. The number of thioether (sulfide) groups is 1. The van der Waals surface area contributed by atoms with E-state index in [9.17, 15) is 0 Å². The van der Waals surface area contributed by atoms with Crippen molar-refractivity contribution in [2.24, 2.45) is 0 Å². The van der Waals surface area contributed by atoms with Gasteiger partial charge >= 0.3 is 0 Å². The summed E-state index contributed by atoms with van der Waals surface area (Å²) in [4.78, 5) is 0. The van der Waals surface area contributed by atoms with Crippen LogP contribution in [0.25, 0.3) is 0 Å². The van der Waals surface area contributed by atoms with Crippen molar-refractivity contribution in [3.05, 3.63) is 28.2 Å². The summed E-state index contributed by atoms with van der Waals surface area (Å²) < 4.78 is 6.23. The summed E-state index contributed by atoms with van der Waals surface area (Å²) in [6, 6.07) is 6.85. The van der Waals surface area contributed by atoms with Crippen LogP contribution in [0.3, 0.4) is 0 Å². The fourth-order valence-electron chi connectivity index (χ4n) is 1.63. The highest BCUT2D eigenvalue weighted by Gasteiger charge is 2.22. The van der Waals surface area contributed by atoms with Crippen molar-refractivity contribution in [1.82, 2.24) is 5.32 Å². The monoisotopic (exact) mass is 287 g/mol. The third kappa shape index (κ3) is 2.49. The molecule has 0 saturated carbocycles. The summed E-state index contributed by atoms with van der Waals surface area (Å²) in [5.41, 5.74) is 1.30. The normalized spacial score (nSPS) is 25.5. The van der Waals surface area contributed by atoms with Crippen LogP contribution in [0.5, 0.6) is 5.75 Å². The maximum atomic E-state index is 5.21. The van der Waals surface area contributed by atoms with Crippen LogP contribution in [0.4, 0.5) is 0 Å². The van der Waals surface area contributed by atoms with Crippen molar-refractivity contribution in [3.63, 3.8) is 0 Å². The summed E-state index contributed by atoms with van der Waals surface area (Å²) in [6.45, 7) is 2.21. The Bertz CT molecular complexity index is 358. The molecule has 1 aromatic carbocycles. The first-order valence-corrected chi connectivity index (χ1v) is 6.76. The van der Waals surface area contributed by atoms with Gasteiger partial charge in [-0.25, -0.2) is 0 Å². The van der Waals surface area contributed by atoms with E-state index < -0.39 is 0 Å². The molecule has 0 aromatic heterocycles. The molecule has 1 N–H and O–H groups in total. The van der Waals surface area contributed by atoms with Gasteiger partial charge in [0.05, 0.1) is 17.0 Å². The van der Waals surface area contributed by atoms with Gasteiger partial charge < -0.3 is 4.74 Å². The molecule has 15 heavy (non-hydrogen) atoms. The Kier molecular flexibility index (Phi) is 3.59. The van der Waals surface area contributed by atoms with Crippen molar-refractivity contribution in [1.29, 1.82) is 0 Å². The lowest BCUT2D eigenvalue weighted by Crippen LogP contribution is -2.21. The Labute approximate surface area is 103 Å². The minimum absolute atomic E-state index is 0.419. The summed E-state index contributed by atoms with van der Waals surface area (Å²) in [5, 5.41) is 3.95. The lowest BCUT2D eigenvalue weighted by Gasteiger charge is -2.12. The van der Waals surface area contributed by atoms with Gasteiger partial charge in [0.2, 0.25) is 0 Å². The van der Waals surface area contributed by atoms with Crippen molar-refractivity contribution in [2.45, 2.75) is 18.3 Å². The number of benzene rings is 1. The quantitative estimate of drug-likeness (QED) is 0.903. The van der Waals surface area contributed by atoms with Crippen LogP contribution in [-0.4, -0.2) is 18.9 Å². The maximum absolute atomic E-state index is 5.21. The van der Waals surface area contributed by atoms with E-state index in [-0.39, 0.29) is 0 Å². The second kappa shape index (κ2) is 4.76. The predicted octanol–water partition coefficient (Wildman–Crippen LogP) is 3.18. The van der Waals surface area contributed by atoms with Gasteiger partial charge in [0.25, 0.3) is 0 Å². The van der Waals surface area contributed by atoms with Crippen LogP contribution in [0.15, 0.2) is 22.7 Å². The smallest absolute Gasteiger partial charge is 0.133 e. The van der Waals surface area contributed by atoms with E-state index in [1.807, 2.05) is 17.8 Å². The zero-order valence-corrected chi connectivity index (χ0v) is 11.2. The molecule has 1 aliphatic rings. The maximum Gasteiger partial charge on any atom is 0.133 e. The zero-order chi connectivity index (χ0) is 10.8. The first-order chi connectivity index (χ1) is 7.20. The van der Waals surface area contributed by atoms with Gasteiger partial charge in [0.15, 0.2) is 0 Å². The minimum atomic E-state index is 0.419. The molecule has 1 heterocycles. The summed E-state index contributed by atoms with van der Waals surface area (Å²) in [7, 11) is 1.68. The molecule has 0 aliphatic carbocycles. The second-order valence-corrected chi connectivity index (χ2v) is 5.67. The van der Waals surface area contributed by atoms with Crippen molar-refractivity contribution < 1.29 is 4.74 Å². The number of hydrogen-bond donors (Lipinski definition) is 1. The molecule has 2 atom stereocenters. The van der Waals surface area contributed by atoms with Crippen LogP contribution in [-0.2, 0) is 0 Å². The lowest BCUT2D eigenvalue weighted by molar-refractivity contribution is 0.412. The molecule has 0 amide bonds. The average molecular weight is 288 g/mol. The number of rotatable bonds is 2. The number of nitrogens with one attached hydrogen (secondary N) is 1. The fraction of sp³-hybridized carbons (Fsp3) is 0.455. The van der Waals surface area contributed by atoms with Crippen molar-refractivity contribution in [3.8, 4) is 5.75 Å². The minimum Gasteiger partial charge on any atom is -0.496 e. The molecule has 82 valence electrons. The van der Waals surface area contributed by atoms with Gasteiger partial charge in [-0.15, -0.1) is 11.8 Å². The number of halogens is 1. The van der Waals surface area contributed by atoms with Gasteiger partial charge in [-0.05, 0) is 40.5 Å². The Morgan fingerprint density at radius 2 is 2.33 bits per heavy atom. The molecule has 2 rings (SSSR count). The molecule has 2 unspecified atom stereocenters. The third-order valence-corrected chi connectivity index (χ3v) is 4.48. The van der Waals surface area contributed by atoms with Gasteiger partial charge in [0.1, 0.15) is 5.75 Å². The number of methoxy groups -OCH3 is 1. The SMILES string of the molecule is COc1ccc(C2NC(C)CS2)cc1Br. The summed E-state index contributed by atoms with van der Waals surface area (Å²) >= 11 is 5.46. The number of ether oxygens (including phenoxy) is 1. The van der Waals surface area contributed by atoms with Gasteiger partial charge in [0, 0.05) is 11.8 Å². The molecule has 4 heteroatoms. The Hall–Kier alpha value is -0.190. The first kappa shape index (κ1) is 11.3. The van der Waals surface area contributed by atoms with Gasteiger partial charge in [-0.3, -0.25) is 5.32 Å². The van der Waals surface area contributed by atoms with Crippen molar-refractivity contribution in [2.75, 3.05) is 12.9 Å². The molecule has 0 spiro atoms. The first-order valence-electron chi connectivity index (χ1n) is 4.92. The third-order valence-electron chi connectivity index (χ3n) is 2.43. The number of hydrogen-bond acceptors (Lipinski definition) is 3. The molecule has 1 saturated heterocycles. The average Bonchev–Trinajstić information content (AvgIpc) is 2.65. The van der Waals surface area contributed by atoms with Crippen LogP contribution in [0, 0.1) is 0 Å². The highest BCUT2D eigenvalue weighted by Crippen LogP contribution is 2.36. The van der Waals surface area contributed by atoms with Crippen molar-refractivity contribution >= 4 is 27.7 Å². The molecular weight excluding hydrogens is 274 g/mol. The standard InChI is InChI=1S/C11H14BrNOS/c1-7-6-15-11(13-7)8-3-4-10(14-2)9(12)5-8/h3-5,7,11,13H,6H2,1-2H3. The molecule has 0 bridgehead atoms. The second-order valence-electron chi connectivity index (χ2n) is 3.68. The van der Waals surface area contributed by atoms with Gasteiger partial charge in [-0.1, -0.05) is 6.07 Å². The van der Waals surface area contributed by atoms with E-state index in [0.717, 1.165) is 10.2 Å². The Morgan fingerprint density at radius 3 is 2.87 bits per heavy atom. The van der Waals surface area contributed by atoms with E-state index in [1.54, 1.807) is 7.11 Å². The molecular formula is C11H14BrNOS. The fourth-order valence-corrected chi connectivity index (χ4v) is 3.44. The van der Waals surface area contributed by atoms with Crippen LogP contribution < -0.4 is 10.1 Å². The van der Waals surface area contributed by atoms with E-state index in [1.165, 1.54) is 11.3 Å². The topological polar surface area (TPSA) is 21.3 Å². The Morgan fingerprint density at radius 1 is 1.53 bits per heavy atom. The molecule has 2 nitrogen and oxygen atoms in total.